The molecule has 0 spiro atoms. The lowest BCUT2D eigenvalue weighted by Gasteiger charge is -2.30. The van der Waals surface area contributed by atoms with Gasteiger partial charge in [-0.3, -0.25) is 0 Å². The van der Waals surface area contributed by atoms with Crippen molar-refractivity contribution < 1.29 is 9.84 Å². The normalized spacial score (nSPS) is 31.0. The molecule has 1 rings (SSSR count). The molecule has 1 heterocycles. The van der Waals surface area contributed by atoms with Crippen LogP contribution in [0.4, 0.5) is 0 Å². The average Bonchev–Trinajstić information content (AvgIpc) is 2.09. The van der Waals surface area contributed by atoms with Crippen LogP contribution in [-0.2, 0) is 4.74 Å². The first-order chi connectivity index (χ1) is 5.74. The number of hydrogen-bond donors (Lipinski definition) is 1. The molecule has 2 atom stereocenters. The Morgan fingerprint density at radius 3 is 2.92 bits per heavy atom. The van der Waals surface area contributed by atoms with Crippen LogP contribution in [0.15, 0.2) is 0 Å². The predicted octanol–water partition coefficient (Wildman–Crippen LogP) is 0.478. The van der Waals surface area contributed by atoms with Gasteiger partial charge in [-0.1, -0.05) is 6.92 Å². The molecule has 0 saturated carbocycles. The second kappa shape index (κ2) is 4.80. The fourth-order valence-electron chi connectivity index (χ4n) is 1.43. The first-order valence-corrected chi connectivity index (χ1v) is 4.72. The average molecular weight is 173 g/mol. The van der Waals surface area contributed by atoms with Crippen LogP contribution in [-0.4, -0.2) is 49.0 Å². The molecule has 72 valence electrons. The van der Waals surface area contributed by atoms with E-state index >= 15 is 0 Å². The van der Waals surface area contributed by atoms with E-state index in [2.05, 4.69) is 11.8 Å². The Hall–Kier alpha value is -0.120. The summed E-state index contributed by atoms with van der Waals surface area (Å²) >= 11 is 0. The zero-order valence-corrected chi connectivity index (χ0v) is 7.99. The Morgan fingerprint density at radius 2 is 2.33 bits per heavy atom. The second-order valence-corrected chi connectivity index (χ2v) is 3.47. The molecule has 1 N–H and O–H groups in total. The Morgan fingerprint density at radius 1 is 1.58 bits per heavy atom. The van der Waals surface area contributed by atoms with Gasteiger partial charge < -0.3 is 14.7 Å². The first kappa shape index (κ1) is 9.96. The molecule has 12 heavy (non-hydrogen) atoms. The third-order valence-corrected chi connectivity index (χ3v) is 2.44. The van der Waals surface area contributed by atoms with E-state index < -0.39 is 0 Å². The van der Waals surface area contributed by atoms with Crippen LogP contribution < -0.4 is 0 Å². The molecule has 0 aromatic rings. The largest absolute Gasteiger partial charge is 0.390 e. The number of aliphatic hydroxyl groups excluding tert-OH is 1. The number of rotatable bonds is 3. The molecule has 0 aromatic carbocycles. The minimum atomic E-state index is -0.257. The molecule has 3 nitrogen and oxygen atoms in total. The summed E-state index contributed by atoms with van der Waals surface area (Å²) in [6.45, 7) is 4.76. The minimum absolute atomic E-state index is 0.0312. The predicted molar refractivity (Wildman–Crippen MR) is 48.2 cm³/mol. The van der Waals surface area contributed by atoms with E-state index in [1.54, 1.807) is 0 Å². The molecule has 0 bridgehead atoms. The molecule has 0 amide bonds. The molecular weight excluding hydrogens is 154 g/mol. The van der Waals surface area contributed by atoms with Gasteiger partial charge in [0.1, 0.15) is 0 Å². The smallest absolute Gasteiger partial charge is 0.0960 e. The van der Waals surface area contributed by atoms with E-state index in [4.69, 9.17) is 4.74 Å². The molecular formula is C9H19NO2. The van der Waals surface area contributed by atoms with E-state index in [0.717, 1.165) is 32.5 Å². The molecule has 0 aromatic heterocycles. The van der Waals surface area contributed by atoms with Gasteiger partial charge in [-0.2, -0.15) is 0 Å². The first-order valence-electron chi connectivity index (χ1n) is 4.72. The molecule has 1 aliphatic rings. The van der Waals surface area contributed by atoms with Gasteiger partial charge in [0.05, 0.1) is 12.2 Å². The summed E-state index contributed by atoms with van der Waals surface area (Å²) in [5, 5.41) is 9.56. The van der Waals surface area contributed by atoms with Gasteiger partial charge in [0.2, 0.25) is 0 Å². The maximum atomic E-state index is 9.56. The SMILES string of the molecule is CCN(C)CC1OCCCC1O. The molecule has 1 aliphatic heterocycles. The lowest BCUT2D eigenvalue weighted by atomic mass is 10.1. The zero-order valence-electron chi connectivity index (χ0n) is 7.99. The molecule has 0 radical (unpaired) electrons. The highest BCUT2D eigenvalue weighted by Crippen LogP contribution is 2.14. The van der Waals surface area contributed by atoms with Gasteiger partial charge in [0, 0.05) is 13.2 Å². The summed E-state index contributed by atoms with van der Waals surface area (Å²) < 4.78 is 5.47. The summed E-state index contributed by atoms with van der Waals surface area (Å²) in [7, 11) is 2.05. The van der Waals surface area contributed by atoms with Crippen molar-refractivity contribution in [1.29, 1.82) is 0 Å². The molecule has 3 heteroatoms. The van der Waals surface area contributed by atoms with Crippen molar-refractivity contribution in [3.05, 3.63) is 0 Å². The molecule has 2 unspecified atom stereocenters. The van der Waals surface area contributed by atoms with E-state index in [9.17, 15) is 5.11 Å². The highest BCUT2D eigenvalue weighted by Gasteiger charge is 2.24. The summed E-state index contributed by atoms with van der Waals surface area (Å²) in [6, 6.07) is 0. The van der Waals surface area contributed by atoms with Gasteiger partial charge >= 0.3 is 0 Å². The van der Waals surface area contributed by atoms with Crippen molar-refractivity contribution in [2.24, 2.45) is 0 Å². The van der Waals surface area contributed by atoms with Crippen molar-refractivity contribution in [3.8, 4) is 0 Å². The van der Waals surface area contributed by atoms with Crippen LogP contribution in [0, 0.1) is 0 Å². The summed E-state index contributed by atoms with van der Waals surface area (Å²) in [5.41, 5.74) is 0. The Balaban J connectivity index is 2.28. The third kappa shape index (κ3) is 2.73. The van der Waals surface area contributed by atoms with Crippen molar-refractivity contribution >= 4 is 0 Å². The molecule has 0 aliphatic carbocycles. The topological polar surface area (TPSA) is 32.7 Å². The van der Waals surface area contributed by atoms with Crippen molar-refractivity contribution in [3.63, 3.8) is 0 Å². The van der Waals surface area contributed by atoms with Gasteiger partial charge in [0.15, 0.2) is 0 Å². The van der Waals surface area contributed by atoms with Gasteiger partial charge in [0.25, 0.3) is 0 Å². The van der Waals surface area contributed by atoms with Crippen LogP contribution >= 0.6 is 0 Å². The standard InChI is InChI=1S/C9H19NO2/c1-3-10(2)7-9-8(11)5-4-6-12-9/h8-9,11H,3-7H2,1-2H3. The van der Waals surface area contributed by atoms with Gasteiger partial charge in [-0.05, 0) is 26.4 Å². The fraction of sp³-hybridized carbons (Fsp3) is 1.00. The summed E-state index contributed by atoms with van der Waals surface area (Å²) in [5.74, 6) is 0. The number of aliphatic hydroxyl groups is 1. The fourth-order valence-corrected chi connectivity index (χ4v) is 1.43. The van der Waals surface area contributed by atoms with E-state index in [1.807, 2.05) is 7.05 Å². The van der Waals surface area contributed by atoms with Crippen LogP contribution in [0.25, 0.3) is 0 Å². The number of ether oxygens (including phenoxy) is 1. The highest BCUT2D eigenvalue weighted by molar-refractivity contribution is 4.75. The van der Waals surface area contributed by atoms with E-state index in [1.165, 1.54) is 0 Å². The van der Waals surface area contributed by atoms with Gasteiger partial charge in [-0.15, -0.1) is 0 Å². The second-order valence-electron chi connectivity index (χ2n) is 3.47. The van der Waals surface area contributed by atoms with Crippen LogP contribution in [0.5, 0.6) is 0 Å². The monoisotopic (exact) mass is 173 g/mol. The van der Waals surface area contributed by atoms with Crippen LogP contribution in [0.3, 0.4) is 0 Å². The van der Waals surface area contributed by atoms with Crippen LogP contribution in [0.1, 0.15) is 19.8 Å². The molecule has 1 fully saturated rings. The Bertz CT molecular complexity index is 130. The lowest BCUT2D eigenvalue weighted by Crippen LogP contribution is -2.42. The zero-order chi connectivity index (χ0) is 8.97. The summed E-state index contributed by atoms with van der Waals surface area (Å²) in [6.07, 6.45) is 1.66. The number of hydrogen-bond acceptors (Lipinski definition) is 3. The Kier molecular flexibility index (Phi) is 3.98. The minimum Gasteiger partial charge on any atom is -0.390 e. The lowest BCUT2D eigenvalue weighted by molar-refractivity contribution is -0.0830. The quantitative estimate of drug-likeness (QED) is 0.673. The van der Waals surface area contributed by atoms with E-state index in [-0.39, 0.29) is 12.2 Å². The van der Waals surface area contributed by atoms with Gasteiger partial charge in [-0.25, -0.2) is 0 Å². The molecule has 1 saturated heterocycles. The maximum Gasteiger partial charge on any atom is 0.0960 e. The Labute approximate surface area is 74.3 Å². The number of nitrogens with zero attached hydrogens (tertiary/aromatic N) is 1. The van der Waals surface area contributed by atoms with Crippen molar-refractivity contribution in [2.45, 2.75) is 32.0 Å². The summed E-state index contributed by atoms with van der Waals surface area (Å²) in [4.78, 5) is 2.17. The van der Waals surface area contributed by atoms with E-state index in [0.29, 0.717) is 0 Å². The van der Waals surface area contributed by atoms with Crippen molar-refractivity contribution in [1.82, 2.24) is 4.90 Å². The number of likely N-dealkylation sites (N-methyl/N-ethyl adjacent to an activating group) is 1. The van der Waals surface area contributed by atoms with Crippen LogP contribution in [0.2, 0.25) is 0 Å². The van der Waals surface area contributed by atoms with Crippen molar-refractivity contribution in [2.75, 3.05) is 26.7 Å². The third-order valence-electron chi connectivity index (χ3n) is 2.44. The maximum absolute atomic E-state index is 9.56. The highest BCUT2D eigenvalue weighted by atomic mass is 16.5.